The first-order valence-electron chi connectivity index (χ1n) is 9.85. The van der Waals surface area contributed by atoms with Crippen molar-refractivity contribution >= 4 is 17.8 Å². The molecule has 0 N–H and O–H groups in total. The van der Waals surface area contributed by atoms with Gasteiger partial charge in [0, 0.05) is 11.6 Å². The van der Waals surface area contributed by atoms with Crippen LogP contribution in [0.25, 0.3) is 6.08 Å². The van der Waals surface area contributed by atoms with Gasteiger partial charge in [0.15, 0.2) is 17.3 Å². The van der Waals surface area contributed by atoms with Gasteiger partial charge < -0.3 is 14.2 Å². The summed E-state index contributed by atoms with van der Waals surface area (Å²) in [5.41, 5.74) is 1.36. The summed E-state index contributed by atoms with van der Waals surface area (Å²) in [5.74, 6) is 1.15. The van der Waals surface area contributed by atoms with Crippen LogP contribution in [0.4, 0.5) is 0 Å². The Morgan fingerprint density at radius 3 is 2.38 bits per heavy atom. The number of rotatable bonds is 11. The quantitative estimate of drug-likeness (QED) is 0.166. The number of ketones is 1. The van der Waals surface area contributed by atoms with Crippen LogP contribution in [0.3, 0.4) is 0 Å². The minimum Gasteiger partial charge on any atom is -0.493 e. The van der Waals surface area contributed by atoms with E-state index in [9.17, 15) is 9.59 Å². The minimum absolute atomic E-state index is 0.0369. The van der Waals surface area contributed by atoms with E-state index in [1.54, 1.807) is 37.5 Å². The second-order valence-corrected chi connectivity index (χ2v) is 6.65. The Morgan fingerprint density at radius 2 is 1.72 bits per heavy atom. The molecule has 5 nitrogen and oxygen atoms in total. The Hall–Kier alpha value is -3.08. The number of methoxy groups -OCH3 is 1. The molecule has 0 aliphatic rings. The van der Waals surface area contributed by atoms with Crippen molar-refractivity contribution < 1.29 is 23.8 Å². The molecule has 154 valence electrons. The largest absolute Gasteiger partial charge is 0.493 e. The number of carbonyl (C=O) groups is 2. The van der Waals surface area contributed by atoms with Crippen LogP contribution >= 0.6 is 0 Å². The number of esters is 1. The van der Waals surface area contributed by atoms with E-state index in [1.165, 1.54) is 25.8 Å². The maximum absolute atomic E-state index is 12.0. The third kappa shape index (κ3) is 7.45. The van der Waals surface area contributed by atoms with E-state index in [4.69, 9.17) is 14.2 Å². The summed E-state index contributed by atoms with van der Waals surface area (Å²) in [6.45, 7) is 4.32. The summed E-state index contributed by atoms with van der Waals surface area (Å²) in [6, 6.07) is 11.9. The highest BCUT2D eigenvalue weighted by Gasteiger charge is 2.06. The van der Waals surface area contributed by atoms with E-state index in [1.807, 2.05) is 18.2 Å². The molecule has 0 spiro atoms. The van der Waals surface area contributed by atoms with E-state index >= 15 is 0 Å². The highest BCUT2D eigenvalue weighted by atomic mass is 16.5. The average Bonchev–Trinajstić information content (AvgIpc) is 2.73. The van der Waals surface area contributed by atoms with Gasteiger partial charge in [0.1, 0.15) is 5.75 Å². The molecule has 0 amide bonds. The van der Waals surface area contributed by atoms with Crippen molar-refractivity contribution in [3.05, 3.63) is 59.7 Å². The van der Waals surface area contributed by atoms with Crippen LogP contribution in [-0.2, 0) is 4.79 Å². The molecule has 2 aromatic carbocycles. The molecule has 0 radical (unpaired) electrons. The lowest BCUT2D eigenvalue weighted by atomic mass is 10.1. The van der Waals surface area contributed by atoms with Crippen LogP contribution in [0, 0.1) is 0 Å². The Bertz CT molecular complexity index is 837. The lowest BCUT2D eigenvalue weighted by Crippen LogP contribution is -2.04. The van der Waals surface area contributed by atoms with Crippen molar-refractivity contribution in [1.29, 1.82) is 0 Å². The lowest BCUT2D eigenvalue weighted by molar-refractivity contribution is -0.128. The Balaban J connectivity index is 1.93. The number of Topliss-reactive ketones (excluding diaryl/α,β-unsaturated/α-hetero) is 1. The third-order valence-electron chi connectivity index (χ3n) is 4.33. The highest BCUT2D eigenvalue weighted by Crippen LogP contribution is 2.29. The fraction of sp³-hybridized carbons (Fsp3) is 0.333. The molecule has 5 heteroatoms. The van der Waals surface area contributed by atoms with Gasteiger partial charge in [-0.05, 0) is 61.4 Å². The second kappa shape index (κ2) is 11.7. The lowest BCUT2D eigenvalue weighted by Gasteiger charge is -2.11. The summed E-state index contributed by atoms with van der Waals surface area (Å²) in [6.07, 6.45) is 7.56. The van der Waals surface area contributed by atoms with Crippen molar-refractivity contribution in [3.63, 3.8) is 0 Å². The topological polar surface area (TPSA) is 61.8 Å². The molecule has 0 unspecified atom stereocenters. The summed E-state index contributed by atoms with van der Waals surface area (Å²) >= 11 is 0. The molecule has 0 saturated carbocycles. The van der Waals surface area contributed by atoms with Gasteiger partial charge >= 0.3 is 5.97 Å². The number of hydrogen-bond donors (Lipinski definition) is 0. The maximum Gasteiger partial charge on any atom is 0.336 e. The van der Waals surface area contributed by atoms with Crippen LogP contribution in [0.5, 0.6) is 17.2 Å². The summed E-state index contributed by atoms with van der Waals surface area (Å²) in [5, 5.41) is 0. The molecule has 0 bridgehead atoms. The zero-order valence-electron chi connectivity index (χ0n) is 17.3. The minimum atomic E-state index is -0.504. The molecule has 29 heavy (non-hydrogen) atoms. The number of benzene rings is 2. The number of ether oxygens (including phenoxy) is 3. The van der Waals surface area contributed by atoms with Crippen LogP contribution < -0.4 is 14.2 Å². The fourth-order valence-electron chi connectivity index (χ4n) is 2.69. The normalized spacial score (nSPS) is 10.7. The zero-order chi connectivity index (χ0) is 21.1. The predicted octanol–water partition coefficient (Wildman–Crippen LogP) is 5.48. The molecule has 0 fully saturated rings. The fourth-order valence-corrected chi connectivity index (χ4v) is 2.69. The first-order valence-corrected chi connectivity index (χ1v) is 9.85. The molecule has 0 atom stereocenters. The van der Waals surface area contributed by atoms with Gasteiger partial charge in [-0.15, -0.1) is 0 Å². The van der Waals surface area contributed by atoms with Gasteiger partial charge in [-0.3, -0.25) is 4.79 Å². The van der Waals surface area contributed by atoms with E-state index in [-0.39, 0.29) is 5.78 Å². The smallest absolute Gasteiger partial charge is 0.336 e. The van der Waals surface area contributed by atoms with E-state index in [2.05, 4.69) is 6.92 Å². The van der Waals surface area contributed by atoms with E-state index < -0.39 is 5.97 Å². The van der Waals surface area contributed by atoms with Crippen molar-refractivity contribution in [2.45, 2.75) is 39.5 Å². The van der Waals surface area contributed by atoms with Crippen molar-refractivity contribution in [3.8, 4) is 17.2 Å². The van der Waals surface area contributed by atoms with Crippen LogP contribution in [0.15, 0.2) is 48.5 Å². The molecule has 2 rings (SSSR count). The Morgan fingerprint density at radius 1 is 0.966 bits per heavy atom. The molecule has 0 saturated heterocycles. The summed E-state index contributed by atoms with van der Waals surface area (Å²) in [7, 11) is 1.59. The molecule has 0 aliphatic carbocycles. The number of hydrogen-bond acceptors (Lipinski definition) is 5. The molecule has 0 aromatic heterocycles. The monoisotopic (exact) mass is 396 g/mol. The Kier molecular flexibility index (Phi) is 8.96. The van der Waals surface area contributed by atoms with Gasteiger partial charge in [-0.25, -0.2) is 4.79 Å². The maximum atomic E-state index is 12.0. The standard InChI is InChI=1S/C24H28O5/c1-4-5-6-7-16-28-22-14-8-19(17-23(22)27-3)9-15-24(26)29-21-12-10-20(11-13-21)18(2)25/h8-15,17H,4-7,16H2,1-3H3/b15-9+. The molecule has 2 aromatic rings. The Labute approximate surface area is 172 Å². The van der Waals surface area contributed by atoms with Gasteiger partial charge in [0.25, 0.3) is 0 Å². The van der Waals surface area contributed by atoms with Crippen LogP contribution in [-0.4, -0.2) is 25.5 Å². The predicted molar refractivity (Wildman–Crippen MR) is 114 cm³/mol. The summed E-state index contributed by atoms with van der Waals surface area (Å²) < 4.78 is 16.4. The van der Waals surface area contributed by atoms with Gasteiger partial charge in [-0.2, -0.15) is 0 Å². The van der Waals surface area contributed by atoms with Crippen molar-refractivity contribution in [2.75, 3.05) is 13.7 Å². The zero-order valence-corrected chi connectivity index (χ0v) is 17.3. The van der Waals surface area contributed by atoms with Crippen molar-refractivity contribution in [1.82, 2.24) is 0 Å². The SMILES string of the molecule is CCCCCCOc1ccc(/C=C/C(=O)Oc2ccc(C(C)=O)cc2)cc1OC. The first kappa shape index (κ1) is 22.2. The molecular weight excluding hydrogens is 368 g/mol. The van der Waals surface area contributed by atoms with Gasteiger partial charge in [0.2, 0.25) is 0 Å². The van der Waals surface area contributed by atoms with Crippen molar-refractivity contribution in [2.24, 2.45) is 0 Å². The highest BCUT2D eigenvalue weighted by molar-refractivity contribution is 5.94. The molecule has 0 heterocycles. The third-order valence-corrected chi connectivity index (χ3v) is 4.33. The van der Waals surface area contributed by atoms with Gasteiger partial charge in [-0.1, -0.05) is 32.3 Å². The van der Waals surface area contributed by atoms with Crippen LogP contribution in [0.2, 0.25) is 0 Å². The second-order valence-electron chi connectivity index (χ2n) is 6.65. The average molecular weight is 396 g/mol. The van der Waals surface area contributed by atoms with Crippen LogP contribution in [0.1, 0.15) is 55.5 Å². The number of carbonyl (C=O) groups excluding carboxylic acids is 2. The molecule has 0 aliphatic heterocycles. The summed E-state index contributed by atoms with van der Waals surface area (Å²) in [4.78, 5) is 23.3. The van der Waals surface area contributed by atoms with E-state index in [0.29, 0.717) is 29.4 Å². The van der Waals surface area contributed by atoms with Gasteiger partial charge in [0.05, 0.1) is 13.7 Å². The number of unbranched alkanes of at least 4 members (excludes halogenated alkanes) is 3. The van der Waals surface area contributed by atoms with E-state index in [0.717, 1.165) is 18.4 Å². The first-order chi connectivity index (χ1) is 14.0. The molecular formula is C24H28O5.